The number of amides is 2. The third-order valence-electron chi connectivity index (χ3n) is 5.67. The molecule has 2 heterocycles. The van der Waals surface area contributed by atoms with Gasteiger partial charge in [-0.3, -0.25) is 9.69 Å². The first-order valence-electron chi connectivity index (χ1n) is 10.4. The molecule has 3 N–H and O–H groups in total. The summed E-state index contributed by atoms with van der Waals surface area (Å²) in [6.07, 6.45) is -2.07. The van der Waals surface area contributed by atoms with E-state index >= 15 is 0 Å². The molecule has 1 unspecified atom stereocenters. The van der Waals surface area contributed by atoms with Gasteiger partial charge in [-0.05, 0) is 50.8 Å². The first-order valence-corrected chi connectivity index (χ1v) is 10.4. The predicted octanol–water partition coefficient (Wildman–Crippen LogP) is 2.96. The van der Waals surface area contributed by atoms with Crippen LogP contribution in [0.1, 0.15) is 41.6 Å². The summed E-state index contributed by atoms with van der Waals surface area (Å²) in [4.78, 5) is 36.4. The van der Waals surface area contributed by atoms with E-state index in [-0.39, 0.29) is 11.9 Å². The average molecular weight is 459 g/mol. The number of carbonyl (C=O) groups excluding carboxylic acids is 1. The number of piperidine rings is 2. The van der Waals surface area contributed by atoms with E-state index in [1.807, 2.05) is 31.2 Å². The van der Waals surface area contributed by atoms with Crippen molar-refractivity contribution in [3.05, 3.63) is 35.4 Å². The fourth-order valence-electron chi connectivity index (χ4n) is 3.97. The van der Waals surface area contributed by atoms with E-state index in [1.54, 1.807) is 0 Å². The second-order valence-corrected chi connectivity index (χ2v) is 7.93. The van der Waals surface area contributed by atoms with Gasteiger partial charge in [0.1, 0.15) is 0 Å². The zero-order valence-electron chi connectivity index (χ0n) is 17.8. The van der Waals surface area contributed by atoms with Crippen molar-refractivity contribution in [3.63, 3.8) is 0 Å². The molecule has 0 spiro atoms. The molecule has 2 aliphatic rings. The molecule has 0 radical (unpaired) electrons. The van der Waals surface area contributed by atoms with Gasteiger partial charge in [0, 0.05) is 37.3 Å². The monoisotopic (exact) mass is 459 g/mol. The van der Waals surface area contributed by atoms with Gasteiger partial charge in [-0.15, -0.1) is 0 Å². The van der Waals surface area contributed by atoms with Gasteiger partial charge in [-0.2, -0.15) is 13.2 Å². The number of halogens is 3. The highest BCUT2D eigenvalue weighted by molar-refractivity contribution is 5.95. The number of alkyl halides is 3. The van der Waals surface area contributed by atoms with Crippen molar-refractivity contribution in [2.45, 2.75) is 50.9 Å². The van der Waals surface area contributed by atoms with E-state index in [0.29, 0.717) is 19.1 Å². The summed E-state index contributed by atoms with van der Waals surface area (Å²) in [6.45, 7) is 5.07. The van der Waals surface area contributed by atoms with Gasteiger partial charge in [0.05, 0.1) is 0 Å². The molecule has 178 valence electrons. The van der Waals surface area contributed by atoms with E-state index in [1.165, 1.54) is 4.90 Å². The molecule has 1 atom stereocenters. The molecule has 1 aromatic carbocycles. The lowest BCUT2D eigenvalue weighted by molar-refractivity contribution is -0.192. The van der Waals surface area contributed by atoms with Crippen LogP contribution in [0.15, 0.2) is 24.3 Å². The molecule has 2 aliphatic heterocycles. The molecule has 3 rings (SSSR count). The third-order valence-corrected chi connectivity index (χ3v) is 5.67. The molecule has 2 amide bonds. The molecule has 8 nitrogen and oxygen atoms in total. The second kappa shape index (κ2) is 11.2. The second-order valence-electron chi connectivity index (χ2n) is 7.93. The Morgan fingerprint density at radius 3 is 2.16 bits per heavy atom. The Kier molecular flexibility index (Phi) is 8.88. The molecular weight excluding hydrogens is 431 g/mol. The van der Waals surface area contributed by atoms with E-state index < -0.39 is 18.2 Å². The maximum absolute atomic E-state index is 12.5. The highest BCUT2D eigenvalue weighted by Crippen LogP contribution is 2.21. The van der Waals surface area contributed by atoms with Gasteiger partial charge in [0.25, 0.3) is 5.91 Å². The fraction of sp³-hybridized carbons (Fsp3) is 0.571. The summed E-state index contributed by atoms with van der Waals surface area (Å²) in [5.41, 5.74) is 1.74. The Bertz CT molecular complexity index is 810. The lowest BCUT2D eigenvalue weighted by atomic mass is 9.97. The number of carboxylic acid groups (broad SMARTS) is 2. The molecule has 2 saturated heterocycles. The molecule has 0 saturated carbocycles. The van der Waals surface area contributed by atoms with E-state index in [4.69, 9.17) is 15.0 Å². The van der Waals surface area contributed by atoms with Crippen LogP contribution in [0.3, 0.4) is 0 Å². The SMILES string of the molecule is Cc1ccccc1C(=O)NC1CCCN(C2CCN(C(=O)O)CC2)C1.O=C(O)C(F)(F)F. The number of likely N-dealkylation sites (tertiary alicyclic amines) is 2. The van der Waals surface area contributed by atoms with Gasteiger partial charge in [-0.25, -0.2) is 9.59 Å². The lowest BCUT2D eigenvalue weighted by Gasteiger charge is -2.41. The van der Waals surface area contributed by atoms with Crippen molar-refractivity contribution in [2.75, 3.05) is 26.2 Å². The van der Waals surface area contributed by atoms with Gasteiger partial charge >= 0.3 is 18.2 Å². The maximum Gasteiger partial charge on any atom is 0.490 e. The van der Waals surface area contributed by atoms with Crippen molar-refractivity contribution in [3.8, 4) is 0 Å². The van der Waals surface area contributed by atoms with Crippen molar-refractivity contribution in [1.29, 1.82) is 0 Å². The molecule has 1 aromatic rings. The summed E-state index contributed by atoms with van der Waals surface area (Å²) >= 11 is 0. The van der Waals surface area contributed by atoms with Crippen LogP contribution < -0.4 is 5.32 Å². The molecule has 32 heavy (non-hydrogen) atoms. The van der Waals surface area contributed by atoms with E-state index in [0.717, 1.165) is 49.9 Å². The first kappa shape index (κ1) is 25.4. The summed E-state index contributed by atoms with van der Waals surface area (Å²) in [7, 11) is 0. The van der Waals surface area contributed by atoms with Crippen LogP contribution in [0.4, 0.5) is 18.0 Å². The number of nitrogens with zero attached hydrogens (tertiary/aromatic N) is 2. The molecular formula is C21H28F3N3O5. The molecule has 2 fully saturated rings. The van der Waals surface area contributed by atoms with Crippen LogP contribution in [-0.4, -0.2) is 82.4 Å². The molecule has 0 bridgehead atoms. The smallest absolute Gasteiger partial charge is 0.475 e. The standard InChI is InChI=1S/C19H27N3O3.C2HF3O2/c1-14-5-2-3-7-17(14)18(23)20-15-6-4-10-22(13-15)16-8-11-21(12-9-16)19(24)25;3-2(4,5)1(6)7/h2-3,5,7,15-16H,4,6,8-13H2,1H3,(H,20,23)(H,24,25);(H,6,7). The summed E-state index contributed by atoms with van der Waals surface area (Å²) in [5, 5.41) is 19.4. The van der Waals surface area contributed by atoms with Crippen molar-refractivity contribution in [2.24, 2.45) is 0 Å². The zero-order valence-corrected chi connectivity index (χ0v) is 17.8. The number of benzene rings is 1. The number of rotatable bonds is 3. The topological polar surface area (TPSA) is 110 Å². The Morgan fingerprint density at radius 2 is 1.62 bits per heavy atom. The highest BCUT2D eigenvalue weighted by atomic mass is 19.4. The number of nitrogens with one attached hydrogen (secondary N) is 1. The Hall–Kier alpha value is -2.82. The Balaban J connectivity index is 0.000000451. The van der Waals surface area contributed by atoms with E-state index in [9.17, 15) is 22.8 Å². The van der Waals surface area contributed by atoms with Crippen LogP contribution in [0, 0.1) is 6.92 Å². The lowest BCUT2D eigenvalue weighted by Crippen LogP contribution is -2.53. The molecule has 0 aromatic heterocycles. The summed E-state index contributed by atoms with van der Waals surface area (Å²) < 4.78 is 31.7. The maximum atomic E-state index is 12.5. The van der Waals surface area contributed by atoms with Crippen molar-refractivity contribution < 1.29 is 37.8 Å². The third kappa shape index (κ3) is 7.40. The van der Waals surface area contributed by atoms with Crippen molar-refractivity contribution >= 4 is 18.0 Å². The summed E-state index contributed by atoms with van der Waals surface area (Å²) in [6, 6.07) is 8.25. The largest absolute Gasteiger partial charge is 0.490 e. The molecule has 0 aliphatic carbocycles. The highest BCUT2D eigenvalue weighted by Gasteiger charge is 2.38. The van der Waals surface area contributed by atoms with Crippen LogP contribution in [0.5, 0.6) is 0 Å². The minimum Gasteiger partial charge on any atom is -0.475 e. The van der Waals surface area contributed by atoms with Gasteiger partial charge < -0.3 is 20.4 Å². The number of aryl methyl sites for hydroxylation is 1. The van der Waals surface area contributed by atoms with Crippen LogP contribution in [0.2, 0.25) is 0 Å². The van der Waals surface area contributed by atoms with Crippen LogP contribution >= 0.6 is 0 Å². The number of carbonyl (C=O) groups is 3. The normalized spacial score (nSPS) is 20.1. The number of aliphatic carboxylic acids is 1. The van der Waals surface area contributed by atoms with Crippen LogP contribution in [0.25, 0.3) is 0 Å². The Labute approximate surface area is 184 Å². The predicted molar refractivity (Wildman–Crippen MR) is 110 cm³/mol. The summed E-state index contributed by atoms with van der Waals surface area (Å²) in [5.74, 6) is -2.75. The van der Waals surface area contributed by atoms with E-state index in [2.05, 4.69) is 10.2 Å². The number of hydrogen-bond acceptors (Lipinski definition) is 4. The molecule has 11 heteroatoms. The fourth-order valence-corrected chi connectivity index (χ4v) is 3.97. The Morgan fingerprint density at radius 1 is 1.03 bits per heavy atom. The van der Waals surface area contributed by atoms with Crippen LogP contribution in [-0.2, 0) is 4.79 Å². The minimum atomic E-state index is -5.08. The number of hydrogen-bond donors (Lipinski definition) is 3. The quantitative estimate of drug-likeness (QED) is 0.641. The van der Waals surface area contributed by atoms with Gasteiger partial charge in [-0.1, -0.05) is 18.2 Å². The minimum absolute atomic E-state index is 0.00523. The van der Waals surface area contributed by atoms with Gasteiger partial charge in [0.2, 0.25) is 0 Å². The van der Waals surface area contributed by atoms with Crippen molar-refractivity contribution in [1.82, 2.24) is 15.1 Å². The number of carboxylic acids is 1. The average Bonchev–Trinajstić information content (AvgIpc) is 2.74. The van der Waals surface area contributed by atoms with Gasteiger partial charge in [0.15, 0.2) is 0 Å². The zero-order chi connectivity index (χ0) is 23.9. The first-order chi connectivity index (χ1) is 15.0.